The monoisotopic (exact) mass is 366 g/mol. The molecule has 1 saturated heterocycles. The Morgan fingerprint density at radius 1 is 1.33 bits per heavy atom. The molecule has 1 aromatic carbocycles. The number of aromatic nitrogens is 3. The highest BCUT2D eigenvalue weighted by Crippen LogP contribution is 2.34. The van der Waals surface area contributed by atoms with Crippen LogP contribution in [0.1, 0.15) is 6.92 Å². The number of ether oxygens (including phenoxy) is 1. The van der Waals surface area contributed by atoms with Gasteiger partial charge in [0.25, 0.3) is 0 Å². The van der Waals surface area contributed by atoms with E-state index in [4.69, 9.17) is 4.74 Å². The van der Waals surface area contributed by atoms with Gasteiger partial charge in [0.1, 0.15) is 0 Å². The summed E-state index contributed by atoms with van der Waals surface area (Å²) in [6.45, 7) is 5.48. The number of fused-ring (bicyclic) bond motifs is 1. The van der Waals surface area contributed by atoms with Gasteiger partial charge in [0.05, 0.1) is 24.2 Å². The first kappa shape index (κ1) is 17.3. The van der Waals surface area contributed by atoms with Crippen LogP contribution in [0.3, 0.4) is 0 Å². The summed E-state index contributed by atoms with van der Waals surface area (Å²) in [7, 11) is 0. The Labute approximate surface area is 157 Å². The lowest BCUT2D eigenvalue weighted by Crippen LogP contribution is -2.36. The summed E-state index contributed by atoms with van der Waals surface area (Å²) in [6, 6.07) is 7.81. The van der Waals surface area contributed by atoms with Crippen LogP contribution in [0.15, 0.2) is 36.7 Å². The third kappa shape index (κ3) is 3.70. The minimum atomic E-state index is -0.280. The maximum atomic E-state index is 11.8. The third-order valence-electron chi connectivity index (χ3n) is 4.49. The Bertz CT molecular complexity index is 934. The summed E-state index contributed by atoms with van der Waals surface area (Å²) < 4.78 is 5.49. The second kappa shape index (κ2) is 7.63. The molecule has 140 valence electrons. The first-order chi connectivity index (χ1) is 13.2. The van der Waals surface area contributed by atoms with Gasteiger partial charge in [-0.15, -0.1) is 0 Å². The fraction of sp³-hybridized carbons (Fsp3) is 0.316. The van der Waals surface area contributed by atoms with Crippen molar-refractivity contribution in [3.63, 3.8) is 0 Å². The standard InChI is InChI=1S/C19H22N6O2/c1-2-21-19(26)24-18-22-15-10-14(13-4-3-5-20-12-13)17(11-16(15)23-18)25-6-8-27-9-7-25/h3-5,10-12H,2,6-9H2,1H3,(H3,21,22,23,24,26). The molecule has 4 rings (SSSR count). The van der Waals surface area contributed by atoms with Crippen molar-refractivity contribution in [1.29, 1.82) is 0 Å². The zero-order chi connectivity index (χ0) is 18.6. The van der Waals surface area contributed by atoms with Gasteiger partial charge in [-0.05, 0) is 25.1 Å². The Hall–Kier alpha value is -3.13. The number of nitrogens with zero attached hydrogens (tertiary/aromatic N) is 3. The quantitative estimate of drug-likeness (QED) is 0.660. The van der Waals surface area contributed by atoms with Crippen LogP contribution in [-0.2, 0) is 4.74 Å². The van der Waals surface area contributed by atoms with Crippen molar-refractivity contribution in [2.75, 3.05) is 43.1 Å². The Morgan fingerprint density at radius 3 is 2.93 bits per heavy atom. The summed E-state index contributed by atoms with van der Waals surface area (Å²) in [5, 5.41) is 5.43. The number of rotatable bonds is 4. The molecule has 0 unspecified atom stereocenters. The number of hydrogen-bond donors (Lipinski definition) is 3. The number of H-pyrrole nitrogens is 1. The van der Waals surface area contributed by atoms with Crippen LogP contribution in [0.2, 0.25) is 0 Å². The van der Waals surface area contributed by atoms with E-state index < -0.39 is 0 Å². The second-order valence-corrected chi connectivity index (χ2v) is 6.30. The number of urea groups is 1. The summed E-state index contributed by atoms with van der Waals surface area (Å²) in [4.78, 5) is 26.0. The first-order valence-corrected chi connectivity index (χ1v) is 9.06. The normalized spacial score (nSPS) is 14.3. The van der Waals surface area contributed by atoms with Crippen LogP contribution in [0, 0.1) is 0 Å². The average molecular weight is 366 g/mol. The van der Waals surface area contributed by atoms with E-state index in [2.05, 4.69) is 42.6 Å². The number of imidazole rings is 1. The number of aromatic amines is 1. The molecule has 0 aliphatic carbocycles. The minimum Gasteiger partial charge on any atom is -0.378 e. The molecule has 1 aliphatic heterocycles. The van der Waals surface area contributed by atoms with Crippen LogP contribution in [0.25, 0.3) is 22.2 Å². The van der Waals surface area contributed by atoms with Gasteiger partial charge < -0.3 is 19.9 Å². The molecule has 8 heteroatoms. The molecule has 0 radical (unpaired) electrons. The van der Waals surface area contributed by atoms with Gasteiger partial charge in [0.15, 0.2) is 0 Å². The van der Waals surface area contributed by atoms with E-state index in [0.717, 1.165) is 40.9 Å². The van der Waals surface area contributed by atoms with Gasteiger partial charge in [-0.25, -0.2) is 9.78 Å². The average Bonchev–Trinajstić information content (AvgIpc) is 3.09. The molecule has 3 aromatic rings. The zero-order valence-corrected chi connectivity index (χ0v) is 15.2. The molecule has 2 amide bonds. The smallest absolute Gasteiger partial charge is 0.321 e. The number of carbonyl (C=O) groups excluding carboxylic acids is 1. The molecule has 8 nitrogen and oxygen atoms in total. The van der Waals surface area contributed by atoms with Crippen LogP contribution >= 0.6 is 0 Å². The fourth-order valence-corrected chi connectivity index (χ4v) is 3.24. The molecular weight excluding hydrogens is 344 g/mol. The van der Waals surface area contributed by atoms with Gasteiger partial charge in [0.2, 0.25) is 5.95 Å². The van der Waals surface area contributed by atoms with Crippen LogP contribution in [0.5, 0.6) is 0 Å². The lowest BCUT2D eigenvalue weighted by molar-refractivity contribution is 0.123. The van der Waals surface area contributed by atoms with Crippen LogP contribution < -0.4 is 15.5 Å². The zero-order valence-electron chi connectivity index (χ0n) is 15.2. The Kier molecular flexibility index (Phi) is 4.88. The largest absolute Gasteiger partial charge is 0.378 e. The summed E-state index contributed by atoms with van der Waals surface area (Å²) in [5.41, 5.74) is 4.86. The molecule has 1 fully saturated rings. The van der Waals surface area contributed by atoms with E-state index in [-0.39, 0.29) is 6.03 Å². The Balaban J connectivity index is 1.76. The number of morpholine rings is 1. The molecule has 3 N–H and O–H groups in total. The third-order valence-corrected chi connectivity index (χ3v) is 4.49. The van der Waals surface area contributed by atoms with Crippen molar-refractivity contribution >= 4 is 28.7 Å². The molecule has 3 heterocycles. The molecular formula is C19H22N6O2. The van der Waals surface area contributed by atoms with E-state index in [9.17, 15) is 4.79 Å². The SMILES string of the molecule is CCNC(=O)Nc1nc2cc(N3CCOCC3)c(-c3cccnc3)cc2[nH]1. The summed E-state index contributed by atoms with van der Waals surface area (Å²) >= 11 is 0. The highest BCUT2D eigenvalue weighted by Gasteiger charge is 2.18. The predicted octanol–water partition coefficient (Wildman–Crippen LogP) is 2.60. The lowest BCUT2D eigenvalue weighted by atomic mass is 10.0. The number of amides is 2. The van der Waals surface area contributed by atoms with Gasteiger partial charge in [0, 0.05) is 48.8 Å². The molecule has 27 heavy (non-hydrogen) atoms. The number of anilines is 2. The molecule has 1 aliphatic rings. The number of benzene rings is 1. The van der Waals surface area contributed by atoms with E-state index >= 15 is 0 Å². The molecule has 0 atom stereocenters. The highest BCUT2D eigenvalue weighted by molar-refractivity contribution is 5.94. The van der Waals surface area contributed by atoms with Gasteiger partial charge in [-0.2, -0.15) is 0 Å². The van der Waals surface area contributed by atoms with E-state index in [1.165, 1.54) is 0 Å². The van der Waals surface area contributed by atoms with Crippen molar-refractivity contribution < 1.29 is 9.53 Å². The van der Waals surface area contributed by atoms with Gasteiger partial charge in [-0.3, -0.25) is 10.3 Å². The predicted molar refractivity (Wildman–Crippen MR) is 105 cm³/mol. The maximum absolute atomic E-state index is 11.8. The maximum Gasteiger partial charge on any atom is 0.321 e. The van der Waals surface area contributed by atoms with Crippen molar-refractivity contribution in [3.05, 3.63) is 36.7 Å². The van der Waals surface area contributed by atoms with Gasteiger partial charge >= 0.3 is 6.03 Å². The van der Waals surface area contributed by atoms with E-state index in [0.29, 0.717) is 25.7 Å². The van der Waals surface area contributed by atoms with Gasteiger partial charge in [-0.1, -0.05) is 6.07 Å². The number of hydrogen-bond acceptors (Lipinski definition) is 5. The van der Waals surface area contributed by atoms with Crippen molar-refractivity contribution in [2.24, 2.45) is 0 Å². The number of carbonyl (C=O) groups is 1. The van der Waals surface area contributed by atoms with Crippen molar-refractivity contribution in [1.82, 2.24) is 20.3 Å². The first-order valence-electron chi connectivity index (χ1n) is 9.06. The van der Waals surface area contributed by atoms with Crippen LogP contribution in [0.4, 0.5) is 16.4 Å². The molecule has 0 spiro atoms. The Morgan fingerprint density at radius 2 is 2.19 bits per heavy atom. The minimum absolute atomic E-state index is 0.280. The van der Waals surface area contributed by atoms with Crippen LogP contribution in [-0.4, -0.2) is 53.8 Å². The highest BCUT2D eigenvalue weighted by atomic mass is 16.5. The van der Waals surface area contributed by atoms with Crippen molar-refractivity contribution in [3.8, 4) is 11.1 Å². The topological polar surface area (TPSA) is 95.2 Å². The number of nitrogens with one attached hydrogen (secondary N) is 3. The second-order valence-electron chi connectivity index (χ2n) is 6.30. The van der Waals surface area contributed by atoms with E-state index in [1.54, 1.807) is 6.20 Å². The molecule has 2 aromatic heterocycles. The van der Waals surface area contributed by atoms with E-state index in [1.807, 2.05) is 25.3 Å². The summed E-state index contributed by atoms with van der Waals surface area (Å²) in [6.07, 6.45) is 3.62. The number of pyridine rings is 1. The molecule has 0 bridgehead atoms. The lowest BCUT2D eigenvalue weighted by Gasteiger charge is -2.30. The molecule has 0 saturated carbocycles. The summed E-state index contributed by atoms with van der Waals surface area (Å²) in [5.74, 6) is 0.423. The van der Waals surface area contributed by atoms with Crippen molar-refractivity contribution in [2.45, 2.75) is 6.92 Å². The fourth-order valence-electron chi connectivity index (χ4n) is 3.24.